The molecule has 3 aromatic rings. The van der Waals surface area contributed by atoms with Crippen LogP contribution in [0, 0.1) is 11.7 Å². The van der Waals surface area contributed by atoms with Crippen molar-refractivity contribution in [3.05, 3.63) is 72.0 Å². The molecule has 1 aliphatic rings. The Morgan fingerprint density at radius 3 is 2.75 bits per heavy atom. The van der Waals surface area contributed by atoms with E-state index in [1.54, 1.807) is 0 Å². The molecule has 0 aromatic heterocycles. The van der Waals surface area contributed by atoms with Gasteiger partial charge in [-0.05, 0) is 47.4 Å². The predicted octanol–water partition coefficient (Wildman–Crippen LogP) is 3.70. The second-order valence-electron chi connectivity index (χ2n) is 7.85. The topological polar surface area (TPSA) is 75.7 Å². The van der Waals surface area contributed by atoms with E-state index in [2.05, 4.69) is 5.32 Å². The van der Waals surface area contributed by atoms with Crippen LogP contribution in [0.5, 0.6) is 5.75 Å². The van der Waals surface area contributed by atoms with Crippen LogP contribution >= 0.6 is 0 Å². The molecule has 1 atom stereocenters. The highest BCUT2D eigenvalue weighted by molar-refractivity contribution is 7.89. The van der Waals surface area contributed by atoms with Crippen molar-refractivity contribution in [3.8, 4) is 5.75 Å². The van der Waals surface area contributed by atoms with E-state index >= 15 is 0 Å². The largest absolute Gasteiger partial charge is 0.495 e. The molecule has 4 rings (SSSR count). The van der Waals surface area contributed by atoms with E-state index in [1.807, 2.05) is 42.5 Å². The van der Waals surface area contributed by atoms with Gasteiger partial charge in [-0.1, -0.05) is 42.5 Å². The van der Waals surface area contributed by atoms with Crippen molar-refractivity contribution in [2.45, 2.75) is 24.3 Å². The monoisotopic (exact) mass is 456 g/mol. The van der Waals surface area contributed by atoms with Gasteiger partial charge in [0.25, 0.3) is 0 Å². The first kappa shape index (κ1) is 22.2. The number of nitrogens with one attached hydrogen (secondary N) is 1. The number of benzene rings is 3. The van der Waals surface area contributed by atoms with Gasteiger partial charge < -0.3 is 10.1 Å². The summed E-state index contributed by atoms with van der Waals surface area (Å²) in [6.07, 6.45) is 1.14. The van der Waals surface area contributed by atoms with Crippen LogP contribution in [0.15, 0.2) is 65.6 Å². The zero-order valence-electron chi connectivity index (χ0n) is 17.8. The number of hydrogen-bond acceptors (Lipinski definition) is 4. The first-order valence-electron chi connectivity index (χ1n) is 10.5. The summed E-state index contributed by atoms with van der Waals surface area (Å²) >= 11 is 0. The number of amides is 1. The van der Waals surface area contributed by atoms with E-state index in [-0.39, 0.29) is 29.6 Å². The van der Waals surface area contributed by atoms with Crippen LogP contribution < -0.4 is 10.1 Å². The summed E-state index contributed by atoms with van der Waals surface area (Å²) in [5.41, 5.74) is 1.00. The fraction of sp³-hybridized carbons (Fsp3) is 0.292. The van der Waals surface area contributed by atoms with Gasteiger partial charge in [-0.2, -0.15) is 4.31 Å². The molecule has 1 fully saturated rings. The second kappa shape index (κ2) is 9.26. The first-order chi connectivity index (χ1) is 15.4. The van der Waals surface area contributed by atoms with Crippen LogP contribution in [0.4, 0.5) is 4.39 Å². The Morgan fingerprint density at radius 2 is 1.94 bits per heavy atom. The fourth-order valence-corrected chi connectivity index (χ4v) is 5.83. The van der Waals surface area contributed by atoms with Gasteiger partial charge in [0.2, 0.25) is 15.9 Å². The van der Waals surface area contributed by atoms with Crippen molar-refractivity contribution in [1.29, 1.82) is 0 Å². The number of ether oxygens (including phenoxy) is 1. The normalized spacial score (nSPS) is 17.2. The first-order valence-corrected chi connectivity index (χ1v) is 11.9. The minimum absolute atomic E-state index is 0.0450. The van der Waals surface area contributed by atoms with Crippen molar-refractivity contribution in [2.24, 2.45) is 5.92 Å². The number of nitrogens with zero attached hydrogens (tertiary/aromatic N) is 1. The molecule has 0 saturated carbocycles. The summed E-state index contributed by atoms with van der Waals surface area (Å²) in [6.45, 7) is 0.680. The molecule has 32 heavy (non-hydrogen) atoms. The molecule has 1 saturated heterocycles. The molecule has 168 valence electrons. The van der Waals surface area contributed by atoms with E-state index in [4.69, 9.17) is 4.74 Å². The van der Waals surface area contributed by atoms with Gasteiger partial charge in [-0.3, -0.25) is 4.79 Å². The fourth-order valence-electron chi connectivity index (χ4n) is 4.14. The Kier molecular flexibility index (Phi) is 6.43. The molecule has 1 amide bonds. The lowest BCUT2D eigenvalue weighted by Crippen LogP contribution is -2.45. The van der Waals surface area contributed by atoms with Crippen LogP contribution in [0.3, 0.4) is 0 Å². The van der Waals surface area contributed by atoms with Gasteiger partial charge >= 0.3 is 0 Å². The van der Waals surface area contributed by atoms with Crippen molar-refractivity contribution in [2.75, 3.05) is 20.2 Å². The number of fused-ring (bicyclic) bond motifs is 1. The number of hydrogen-bond donors (Lipinski definition) is 1. The zero-order valence-corrected chi connectivity index (χ0v) is 18.6. The van der Waals surface area contributed by atoms with Crippen molar-refractivity contribution in [1.82, 2.24) is 9.62 Å². The third-order valence-corrected chi connectivity index (χ3v) is 7.72. The highest BCUT2D eigenvalue weighted by Gasteiger charge is 2.35. The lowest BCUT2D eigenvalue weighted by Gasteiger charge is -2.31. The average Bonchev–Trinajstić information content (AvgIpc) is 2.82. The number of halogens is 1. The number of methoxy groups -OCH3 is 1. The van der Waals surface area contributed by atoms with Crippen LogP contribution in [0.2, 0.25) is 0 Å². The Bertz CT molecular complexity index is 1240. The molecule has 0 radical (unpaired) electrons. The second-order valence-corrected chi connectivity index (χ2v) is 9.76. The van der Waals surface area contributed by atoms with Gasteiger partial charge in [0.15, 0.2) is 0 Å². The maximum Gasteiger partial charge on any atom is 0.246 e. The van der Waals surface area contributed by atoms with Gasteiger partial charge in [0, 0.05) is 19.6 Å². The maximum atomic E-state index is 13.8. The lowest BCUT2D eigenvalue weighted by atomic mass is 9.98. The van der Waals surface area contributed by atoms with Crippen molar-refractivity contribution in [3.63, 3.8) is 0 Å². The summed E-state index contributed by atoms with van der Waals surface area (Å²) in [6, 6.07) is 17.3. The molecule has 3 aromatic carbocycles. The number of sulfonamides is 1. The summed E-state index contributed by atoms with van der Waals surface area (Å²) in [5.74, 6) is -1.25. The summed E-state index contributed by atoms with van der Waals surface area (Å²) < 4.78 is 46.4. The Labute approximate surface area is 187 Å². The third-order valence-electron chi connectivity index (χ3n) is 5.83. The molecule has 0 spiro atoms. The van der Waals surface area contributed by atoms with Gasteiger partial charge in [0.1, 0.15) is 16.5 Å². The summed E-state index contributed by atoms with van der Waals surface area (Å²) in [7, 11) is -2.66. The van der Waals surface area contributed by atoms with Gasteiger partial charge in [-0.15, -0.1) is 0 Å². The van der Waals surface area contributed by atoms with Crippen LogP contribution in [-0.4, -0.2) is 38.8 Å². The Morgan fingerprint density at radius 1 is 1.16 bits per heavy atom. The predicted molar refractivity (Wildman–Crippen MR) is 120 cm³/mol. The van der Waals surface area contributed by atoms with E-state index in [9.17, 15) is 17.6 Å². The number of carbonyl (C=O) groups excluding carboxylic acids is 1. The molecule has 8 heteroatoms. The van der Waals surface area contributed by atoms with Gasteiger partial charge in [-0.25, -0.2) is 12.8 Å². The quantitative estimate of drug-likeness (QED) is 0.614. The van der Waals surface area contributed by atoms with Crippen molar-refractivity contribution < 1.29 is 22.3 Å². The Hall–Kier alpha value is -2.97. The third kappa shape index (κ3) is 4.47. The van der Waals surface area contributed by atoms with E-state index in [0.717, 1.165) is 28.5 Å². The molecule has 1 heterocycles. The van der Waals surface area contributed by atoms with Crippen LogP contribution in [-0.2, 0) is 21.4 Å². The smallest absolute Gasteiger partial charge is 0.246 e. The van der Waals surface area contributed by atoms with Crippen LogP contribution in [0.1, 0.15) is 18.4 Å². The highest BCUT2D eigenvalue weighted by Crippen LogP contribution is 2.30. The summed E-state index contributed by atoms with van der Waals surface area (Å²) in [5, 5.41) is 5.13. The minimum atomic E-state index is -4.00. The van der Waals surface area contributed by atoms with E-state index in [0.29, 0.717) is 19.4 Å². The maximum absolute atomic E-state index is 13.8. The number of carbonyl (C=O) groups is 1. The molecular formula is C24H25FN2O4S. The molecule has 6 nitrogen and oxygen atoms in total. The SMILES string of the molecule is COc1ccc(F)cc1S(=O)(=O)N1CCC[C@@H](C(=O)NCc2cccc3ccccc23)C1. The molecule has 1 N–H and O–H groups in total. The number of rotatable bonds is 6. The van der Waals surface area contributed by atoms with Crippen LogP contribution in [0.25, 0.3) is 10.8 Å². The molecule has 0 aliphatic carbocycles. The molecular weight excluding hydrogens is 431 g/mol. The summed E-state index contributed by atoms with van der Waals surface area (Å²) in [4.78, 5) is 12.7. The Balaban J connectivity index is 1.48. The van der Waals surface area contributed by atoms with E-state index < -0.39 is 21.8 Å². The average molecular weight is 457 g/mol. The zero-order chi connectivity index (χ0) is 22.7. The molecule has 1 aliphatic heterocycles. The standard InChI is InChI=1S/C24H25FN2O4S/c1-31-22-12-11-20(25)14-23(22)32(29,30)27-13-5-9-19(16-27)24(28)26-15-18-8-4-7-17-6-2-3-10-21(17)18/h2-4,6-8,10-12,14,19H,5,9,13,15-16H2,1H3,(H,26,28)/t19-/m1/s1. The van der Waals surface area contributed by atoms with Crippen molar-refractivity contribution >= 4 is 26.7 Å². The molecule has 0 unspecified atom stereocenters. The van der Waals surface area contributed by atoms with E-state index in [1.165, 1.54) is 17.5 Å². The minimum Gasteiger partial charge on any atom is -0.495 e. The lowest BCUT2D eigenvalue weighted by molar-refractivity contribution is -0.126. The van der Waals surface area contributed by atoms with Gasteiger partial charge in [0.05, 0.1) is 13.0 Å². The molecule has 0 bridgehead atoms. The highest BCUT2D eigenvalue weighted by atomic mass is 32.2. The number of piperidine rings is 1.